The Morgan fingerprint density at radius 2 is 1.75 bits per heavy atom. The summed E-state index contributed by atoms with van der Waals surface area (Å²) in [6.07, 6.45) is 0.772. The Morgan fingerprint density at radius 1 is 1.00 bits per heavy atom. The number of hydrogen-bond acceptors (Lipinski definition) is 5. The predicted molar refractivity (Wildman–Crippen MR) is 111 cm³/mol. The minimum Gasteiger partial charge on any atom is -0.429 e. The molecule has 0 bridgehead atoms. The Balaban J connectivity index is 1.50. The molecule has 28 heavy (non-hydrogen) atoms. The second kappa shape index (κ2) is 7.79. The maximum Gasteiger partial charge on any atom is 0.270 e. The first-order valence-corrected chi connectivity index (χ1v) is 11.2. The van der Waals surface area contributed by atoms with Crippen LogP contribution < -0.4 is 0 Å². The molecular weight excluding hydrogens is 394 g/mol. The van der Waals surface area contributed by atoms with Gasteiger partial charge in [-0.3, -0.25) is 9.47 Å². The summed E-state index contributed by atoms with van der Waals surface area (Å²) in [6, 6.07) is 14.8. The summed E-state index contributed by atoms with van der Waals surface area (Å²) in [5.74, 6) is 0. The van der Waals surface area contributed by atoms with Crippen molar-refractivity contribution in [2.45, 2.75) is 24.9 Å². The number of oxazole rings is 1. The van der Waals surface area contributed by atoms with Crippen molar-refractivity contribution in [1.82, 2.24) is 13.8 Å². The van der Waals surface area contributed by atoms with Crippen LogP contribution >= 0.6 is 12.2 Å². The summed E-state index contributed by atoms with van der Waals surface area (Å²) < 4.78 is 35.2. The fraction of sp³-hybridized carbons (Fsp3) is 0.350. The summed E-state index contributed by atoms with van der Waals surface area (Å²) in [5, 5.41) is 0. The third-order valence-electron chi connectivity index (χ3n) is 5.12. The van der Waals surface area contributed by atoms with Gasteiger partial charge in [-0.2, -0.15) is 4.31 Å². The smallest absolute Gasteiger partial charge is 0.270 e. The number of para-hydroxylation sites is 2. The first-order chi connectivity index (χ1) is 13.4. The zero-order valence-corrected chi connectivity index (χ0v) is 17.4. The summed E-state index contributed by atoms with van der Waals surface area (Å²) in [4.78, 5) is 3.02. The van der Waals surface area contributed by atoms with Gasteiger partial charge in [-0.25, -0.2) is 8.42 Å². The van der Waals surface area contributed by atoms with Crippen molar-refractivity contribution < 1.29 is 12.8 Å². The highest BCUT2D eigenvalue weighted by Crippen LogP contribution is 2.20. The molecule has 1 saturated heterocycles. The number of aryl methyl sites for hydroxylation is 1. The molecule has 1 aliphatic rings. The van der Waals surface area contributed by atoms with Crippen LogP contribution in [0.3, 0.4) is 0 Å². The molecule has 0 N–H and O–H groups in total. The maximum absolute atomic E-state index is 13.0. The van der Waals surface area contributed by atoms with E-state index in [-0.39, 0.29) is 0 Å². The highest BCUT2D eigenvalue weighted by Gasteiger charge is 2.27. The van der Waals surface area contributed by atoms with Gasteiger partial charge in [0.25, 0.3) is 4.84 Å². The van der Waals surface area contributed by atoms with Gasteiger partial charge in [0.15, 0.2) is 5.58 Å². The van der Waals surface area contributed by atoms with E-state index in [1.807, 2.05) is 47.9 Å². The van der Waals surface area contributed by atoms with Gasteiger partial charge in [0.05, 0.1) is 17.1 Å². The molecule has 148 valence electrons. The van der Waals surface area contributed by atoms with Crippen LogP contribution in [-0.4, -0.2) is 48.4 Å². The van der Waals surface area contributed by atoms with Crippen LogP contribution in [0.15, 0.2) is 57.8 Å². The van der Waals surface area contributed by atoms with Gasteiger partial charge < -0.3 is 4.42 Å². The fourth-order valence-electron chi connectivity index (χ4n) is 3.54. The Morgan fingerprint density at radius 3 is 2.54 bits per heavy atom. The van der Waals surface area contributed by atoms with Crippen molar-refractivity contribution in [2.75, 3.05) is 26.2 Å². The van der Waals surface area contributed by atoms with Crippen LogP contribution in [0, 0.1) is 11.8 Å². The second-order valence-corrected chi connectivity index (χ2v) is 9.38. The molecule has 2 aromatic carbocycles. The van der Waals surface area contributed by atoms with Crippen molar-refractivity contribution in [1.29, 1.82) is 0 Å². The predicted octanol–water partition coefficient (Wildman–Crippen LogP) is 3.63. The molecule has 1 aliphatic heterocycles. The van der Waals surface area contributed by atoms with E-state index in [1.165, 1.54) is 0 Å². The van der Waals surface area contributed by atoms with Crippen LogP contribution in [0.1, 0.15) is 12.0 Å². The van der Waals surface area contributed by atoms with Crippen molar-refractivity contribution in [3.63, 3.8) is 0 Å². The zero-order valence-electron chi connectivity index (χ0n) is 15.7. The molecule has 0 atom stereocenters. The molecular formula is C20H23N3O3S2. The topological polar surface area (TPSA) is 58.7 Å². The molecule has 8 heteroatoms. The average Bonchev–Trinajstić information content (AvgIpc) is 2.84. The van der Waals surface area contributed by atoms with Gasteiger partial charge in [0.1, 0.15) is 0 Å². The van der Waals surface area contributed by atoms with E-state index in [2.05, 4.69) is 4.90 Å². The molecule has 0 aliphatic carbocycles. The van der Waals surface area contributed by atoms with Gasteiger partial charge >= 0.3 is 0 Å². The Kier molecular flexibility index (Phi) is 5.37. The fourth-order valence-corrected chi connectivity index (χ4v) is 5.25. The standard InChI is InChI=1S/C20H23N3O3S2/c1-16-7-9-17(10-8-16)28(24,25)22-12-4-11-21(13-14-22)15-23-18-5-2-3-6-19(18)26-20(23)27/h2-3,5-10H,4,11-15H2,1H3. The third kappa shape index (κ3) is 3.77. The number of benzene rings is 2. The molecule has 3 aromatic rings. The number of rotatable bonds is 4. The van der Waals surface area contributed by atoms with Crippen molar-refractivity contribution in [2.24, 2.45) is 0 Å². The first-order valence-electron chi connectivity index (χ1n) is 9.33. The van der Waals surface area contributed by atoms with Crippen molar-refractivity contribution >= 4 is 33.3 Å². The third-order valence-corrected chi connectivity index (χ3v) is 7.34. The molecule has 1 fully saturated rings. The lowest BCUT2D eigenvalue weighted by atomic mass is 10.2. The summed E-state index contributed by atoms with van der Waals surface area (Å²) in [6.45, 7) is 4.97. The average molecular weight is 418 g/mol. The van der Waals surface area contributed by atoms with Gasteiger partial charge in [-0.05, 0) is 49.8 Å². The first kappa shape index (κ1) is 19.3. The monoisotopic (exact) mass is 417 g/mol. The van der Waals surface area contributed by atoms with Gasteiger partial charge in [-0.15, -0.1) is 0 Å². The molecule has 4 rings (SSSR count). The van der Waals surface area contributed by atoms with Crippen LogP contribution in [0.2, 0.25) is 0 Å². The maximum atomic E-state index is 13.0. The number of nitrogens with zero attached hydrogens (tertiary/aromatic N) is 3. The van der Waals surface area contributed by atoms with E-state index in [1.54, 1.807) is 16.4 Å². The van der Waals surface area contributed by atoms with E-state index in [0.717, 1.165) is 29.6 Å². The summed E-state index contributed by atoms with van der Waals surface area (Å²) >= 11 is 5.38. The van der Waals surface area contributed by atoms with E-state index >= 15 is 0 Å². The molecule has 1 aromatic heterocycles. The largest absolute Gasteiger partial charge is 0.429 e. The summed E-state index contributed by atoms with van der Waals surface area (Å²) in [7, 11) is -3.47. The van der Waals surface area contributed by atoms with Gasteiger partial charge in [0, 0.05) is 26.2 Å². The second-order valence-electron chi connectivity index (χ2n) is 7.09. The molecule has 0 spiro atoms. The van der Waals surface area contributed by atoms with Crippen molar-refractivity contribution in [3.05, 3.63) is 58.9 Å². The van der Waals surface area contributed by atoms with Crippen LogP contribution in [-0.2, 0) is 16.7 Å². The zero-order chi connectivity index (χ0) is 19.7. The van der Waals surface area contributed by atoms with Gasteiger partial charge in [0.2, 0.25) is 10.0 Å². The lowest BCUT2D eigenvalue weighted by molar-refractivity contribution is 0.227. The quantitative estimate of drug-likeness (QED) is 0.607. The molecule has 0 saturated carbocycles. The lowest BCUT2D eigenvalue weighted by Crippen LogP contribution is -2.35. The van der Waals surface area contributed by atoms with E-state index in [9.17, 15) is 8.42 Å². The molecule has 0 amide bonds. The van der Waals surface area contributed by atoms with Crippen molar-refractivity contribution in [3.8, 4) is 0 Å². The van der Waals surface area contributed by atoms with E-state index in [4.69, 9.17) is 16.6 Å². The number of aromatic nitrogens is 1. The Labute approximate surface area is 170 Å². The SMILES string of the molecule is Cc1ccc(S(=O)(=O)N2CCCN(Cn3c(=S)oc4ccccc43)CC2)cc1. The number of hydrogen-bond donors (Lipinski definition) is 0. The van der Waals surface area contributed by atoms with Crippen LogP contribution in [0.25, 0.3) is 11.1 Å². The van der Waals surface area contributed by atoms with E-state index in [0.29, 0.717) is 36.0 Å². The highest BCUT2D eigenvalue weighted by molar-refractivity contribution is 7.89. The Hall–Kier alpha value is -2.00. The molecule has 2 heterocycles. The Bertz CT molecular complexity index is 1130. The van der Waals surface area contributed by atoms with Crippen LogP contribution in [0.4, 0.5) is 0 Å². The van der Waals surface area contributed by atoms with Gasteiger partial charge in [-0.1, -0.05) is 29.8 Å². The minimum atomic E-state index is -3.47. The highest BCUT2D eigenvalue weighted by atomic mass is 32.2. The molecule has 0 unspecified atom stereocenters. The van der Waals surface area contributed by atoms with E-state index < -0.39 is 10.0 Å². The normalized spacial score (nSPS) is 17.0. The number of fused-ring (bicyclic) bond motifs is 1. The molecule has 0 radical (unpaired) electrons. The summed E-state index contributed by atoms with van der Waals surface area (Å²) in [5.41, 5.74) is 2.77. The number of sulfonamides is 1. The minimum absolute atomic E-state index is 0.356. The molecule has 6 nitrogen and oxygen atoms in total. The lowest BCUT2D eigenvalue weighted by Gasteiger charge is -2.22. The van der Waals surface area contributed by atoms with Crippen LogP contribution in [0.5, 0.6) is 0 Å².